The quantitative estimate of drug-likeness (QED) is 0.454. The van der Waals surface area contributed by atoms with E-state index < -0.39 is 0 Å². The Labute approximate surface area is 78.2 Å². The Balaban J connectivity index is 2.46. The van der Waals surface area contributed by atoms with Crippen LogP contribution in [0.25, 0.3) is 0 Å². The first kappa shape index (κ1) is 9.86. The molecule has 1 heterocycles. The van der Waals surface area contributed by atoms with Crippen LogP contribution in [0, 0.1) is 0 Å². The molecule has 0 N–H and O–H groups in total. The number of ether oxygens (including phenoxy) is 1. The molecule has 0 aliphatic carbocycles. The number of nitrogens with zero attached hydrogens (tertiary/aromatic N) is 2. The van der Waals surface area contributed by atoms with Crippen LogP contribution < -0.4 is 0 Å². The summed E-state index contributed by atoms with van der Waals surface area (Å²) in [5.41, 5.74) is 0. The number of hydrogen-bond donors (Lipinski definition) is 0. The fourth-order valence-corrected chi connectivity index (χ4v) is 1.88. The number of hydrogen-bond acceptors (Lipinski definition) is 3. The third-order valence-corrected chi connectivity index (χ3v) is 2.51. The van der Waals surface area contributed by atoms with Gasteiger partial charge in [-0.25, -0.2) is 0 Å². The highest BCUT2D eigenvalue weighted by molar-refractivity contribution is 8.13. The van der Waals surface area contributed by atoms with Gasteiger partial charge in [0.15, 0.2) is 5.17 Å². The summed E-state index contributed by atoms with van der Waals surface area (Å²) >= 11 is 1.72. The SMILES string of the molecule is CCN=C(SC)N1CCOCC1. The van der Waals surface area contributed by atoms with Gasteiger partial charge in [-0.15, -0.1) is 0 Å². The third kappa shape index (κ3) is 2.68. The molecular weight excluding hydrogens is 172 g/mol. The van der Waals surface area contributed by atoms with Gasteiger partial charge in [-0.05, 0) is 13.2 Å². The lowest BCUT2D eigenvalue weighted by Crippen LogP contribution is -2.39. The fraction of sp³-hybridized carbons (Fsp3) is 0.875. The maximum atomic E-state index is 5.27. The summed E-state index contributed by atoms with van der Waals surface area (Å²) in [4.78, 5) is 6.71. The molecule has 1 aliphatic rings. The molecule has 4 heteroatoms. The topological polar surface area (TPSA) is 24.8 Å². The zero-order valence-corrected chi connectivity index (χ0v) is 8.56. The van der Waals surface area contributed by atoms with E-state index in [0.29, 0.717) is 0 Å². The number of thioether (sulfide) groups is 1. The van der Waals surface area contributed by atoms with E-state index in [1.165, 1.54) is 0 Å². The fourth-order valence-electron chi connectivity index (χ4n) is 1.18. The summed E-state index contributed by atoms with van der Waals surface area (Å²) < 4.78 is 5.27. The van der Waals surface area contributed by atoms with Crippen molar-refractivity contribution >= 4 is 16.9 Å². The molecule has 0 atom stereocenters. The van der Waals surface area contributed by atoms with Gasteiger partial charge >= 0.3 is 0 Å². The summed E-state index contributed by atoms with van der Waals surface area (Å²) in [6.07, 6.45) is 2.07. The van der Waals surface area contributed by atoms with E-state index in [2.05, 4.69) is 23.1 Å². The van der Waals surface area contributed by atoms with Gasteiger partial charge in [0.2, 0.25) is 0 Å². The summed E-state index contributed by atoms with van der Waals surface area (Å²) in [7, 11) is 0. The van der Waals surface area contributed by atoms with Crippen LogP contribution in [0.15, 0.2) is 4.99 Å². The predicted molar refractivity (Wildman–Crippen MR) is 53.9 cm³/mol. The van der Waals surface area contributed by atoms with Gasteiger partial charge in [-0.1, -0.05) is 11.8 Å². The van der Waals surface area contributed by atoms with Crippen LogP contribution in [0.3, 0.4) is 0 Å². The van der Waals surface area contributed by atoms with Crippen LogP contribution in [0.2, 0.25) is 0 Å². The maximum Gasteiger partial charge on any atom is 0.159 e. The molecular formula is C8H16N2OS. The molecule has 1 rings (SSSR count). The highest BCUT2D eigenvalue weighted by Gasteiger charge is 2.13. The van der Waals surface area contributed by atoms with Crippen molar-refractivity contribution in [3.05, 3.63) is 0 Å². The van der Waals surface area contributed by atoms with Gasteiger partial charge < -0.3 is 9.64 Å². The number of amidine groups is 1. The monoisotopic (exact) mass is 188 g/mol. The third-order valence-electron chi connectivity index (χ3n) is 1.76. The second kappa shape index (κ2) is 5.43. The van der Waals surface area contributed by atoms with Gasteiger partial charge in [0, 0.05) is 19.6 Å². The minimum absolute atomic E-state index is 0.837. The Hall–Kier alpha value is -0.220. The van der Waals surface area contributed by atoms with E-state index >= 15 is 0 Å². The Morgan fingerprint density at radius 2 is 2.17 bits per heavy atom. The van der Waals surface area contributed by atoms with Crippen molar-refractivity contribution < 1.29 is 4.74 Å². The molecule has 0 radical (unpaired) electrons. The van der Waals surface area contributed by atoms with Gasteiger partial charge in [-0.2, -0.15) is 0 Å². The smallest absolute Gasteiger partial charge is 0.159 e. The average Bonchev–Trinajstić information content (AvgIpc) is 2.15. The van der Waals surface area contributed by atoms with Crippen LogP contribution in [-0.4, -0.2) is 49.2 Å². The molecule has 12 heavy (non-hydrogen) atoms. The number of aliphatic imine (C=N–C) groups is 1. The summed E-state index contributed by atoms with van der Waals surface area (Å²) in [6.45, 7) is 6.58. The van der Waals surface area contributed by atoms with E-state index in [1.807, 2.05) is 0 Å². The summed E-state index contributed by atoms with van der Waals surface area (Å²) in [6, 6.07) is 0. The second-order valence-electron chi connectivity index (χ2n) is 2.56. The Morgan fingerprint density at radius 3 is 2.67 bits per heavy atom. The molecule has 1 aliphatic heterocycles. The van der Waals surface area contributed by atoms with E-state index in [9.17, 15) is 0 Å². The molecule has 0 aromatic heterocycles. The van der Waals surface area contributed by atoms with Crippen LogP contribution in [0.4, 0.5) is 0 Å². The Kier molecular flexibility index (Phi) is 4.46. The van der Waals surface area contributed by atoms with Crippen LogP contribution in [0.5, 0.6) is 0 Å². The molecule has 0 unspecified atom stereocenters. The molecule has 1 fully saturated rings. The summed E-state index contributed by atoms with van der Waals surface area (Å²) in [5, 5.41) is 1.15. The van der Waals surface area contributed by atoms with E-state index in [0.717, 1.165) is 38.0 Å². The Morgan fingerprint density at radius 1 is 1.50 bits per heavy atom. The molecule has 70 valence electrons. The van der Waals surface area contributed by atoms with Crippen LogP contribution in [-0.2, 0) is 4.74 Å². The van der Waals surface area contributed by atoms with Crippen LogP contribution >= 0.6 is 11.8 Å². The van der Waals surface area contributed by atoms with E-state index in [4.69, 9.17) is 4.74 Å². The standard InChI is InChI=1S/C8H16N2OS/c1-3-9-8(12-2)10-4-6-11-7-5-10/h3-7H2,1-2H3. The number of rotatable bonds is 1. The lowest BCUT2D eigenvalue weighted by molar-refractivity contribution is 0.0693. The summed E-state index contributed by atoms with van der Waals surface area (Å²) in [5.74, 6) is 0. The highest BCUT2D eigenvalue weighted by atomic mass is 32.2. The molecule has 0 aromatic rings. The first-order chi connectivity index (χ1) is 5.88. The van der Waals surface area contributed by atoms with Crippen molar-refractivity contribution in [3.63, 3.8) is 0 Å². The van der Waals surface area contributed by atoms with Crippen molar-refractivity contribution in [2.75, 3.05) is 39.1 Å². The van der Waals surface area contributed by atoms with Gasteiger partial charge in [-0.3, -0.25) is 4.99 Å². The molecule has 0 aromatic carbocycles. The van der Waals surface area contributed by atoms with Crippen molar-refractivity contribution in [2.24, 2.45) is 4.99 Å². The largest absolute Gasteiger partial charge is 0.378 e. The molecule has 0 saturated carbocycles. The van der Waals surface area contributed by atoms with Crippen molar-refractivity contribution in [2.45, 2.75) is 6.92 Å². The minimum Gasteiger partial charge on any atom is -0.378 e. The highest BCUT2D eigenvalue weighted by Crippen LogP contribution is 2.07. The lowest BCUT2D eigenvalue weighted by atomic mass is 10.5. The first-order valence-electron chi connectivity index (χ1n) is 4.29. The number of morpholine rings is 1. The van der Waals surface area contributed by atoms with E-state index in [-0.39, 0.29) is 0 Å². The molecule has 0 bridgehead atoms. The van der Waals surface area contributed by atoms with Crippen molar-refractivity contribution in [1.29, 1.82) is 0 Å². The normalized spacial score (nSPS) is 19.8. The van der Waals surface area contributed by atoms with Gasteiger partial charge in [0.1, 0.15) is 0 Å². The minimum atomic E-state index is 0.837. The van der Waals surface area contributed by atoms with Crippen molar-refractivity contribution in [1.82, 2.24) is 4.90 Å². The predicted octanol–water partition coefficient (Wildman–Crippen LogP) is 1.06. The zero-order chi connectivity index (χ0) is 8.81. The van der Waals surface area contributed by atoms with Gasteiger partial charge in [0.05, 0.1) is 13.2 Å². The van der Waals surface area contributed by atoms with Crippen LogP contribution in [0.1, 0.15) is 6.92 Å². The van der Waals surface area contributed by atoms with Gasteiger partial charge in [0.25, 0.3) is 0 Å². The molecule has 0 amide bonds. The average molecular weight is 188 g/mol. The van der Waals surface area contributed by atoms with E-state index in [1.54, 1.807) is 11.8 Å². The zero-order valence-electron chi connectivity index (χ0n) is 7.75. The van der Waals surface area contributed by atoms with Crippen molar-refractivity contribution in [3.8, 4) is 0 Å². The molecule has 3 nitrogen and oxygen atoms in total. The Bertz CT molecular complexity index is 155. The first-order valence-corrected chi connectivity index (χ1v) is 5.52. The second-order valence-corrected chi connectivity index (χ2v) is 3.33. The lowest BCUT2D eigenvalue weighted by Gasteiger charge is -2.28. The maximum absolute atomic E-state index is 5.27. The molecule has 0 spiro atoms. The molecule has 1 saturated heterocycles.